The van der Waals surface area contributed by atoms with Crippen molar-refractivity contribution < 1.29 is 14.3 Å². The van der Waals surface area contributed by atoms with Gasteiger partial charge >= 0.3 is 5.97 Å². The van der Waals surface area contributed by atoms with Gasteiger partial charge in [-0.3, -0.25) is 0 Å². The van der Waals surface area contributed by atoms with E-state index < -0.39 is 0 Å². The van der Waals surface area contributed by atoms with Crippen LogP contribution >= 0.6 is 0 Å². The topological polar surface area (TPSA) is 35.5 Å². The van der Waals surface area contributed by atoms with Crippen LogP contribution < -0.4 is 0 Å². The van der Waals surface area contributed by atoms with Crippen LogP contribution in [0.2, 0.25) is 0 Å². The lowest BCUT2D eigenvalue weighted by Crippen LogP contribution is -2.12. The SMILES string of the molecule is COC(=O)/C=C/C[C@@H]1OC(c2ccccc2)C[C@H]1C. The number of carbonyl (C=O) groups excluding carboxylic acids is 1. The molecular formula is C16H20O3. The molecule has 0 amide bonds. The van der Waals surface area contributed by atoms with Gasteiger partial charge in [-0.05, 0) is 24.3 Å². The largest absolute Gasteiger partial charge is 0.466 e. The molecule has 2 rings (SSSR count). The highest BCUT2D eigenvalue weighted by Crippen LogP contribution is 2.37. The van der Waals surface area contributed by atoms with Crippen molar-refractivity contribution in [1.82, 2.24) is 0 Å². The monoisotopic (exact) mass is 260 g/mol. The molecule has 1 saturated heterocycles. The zero-order chi connectivity index (χ0) is 13.7. The van der Waals surface area contributed by atoms with Crippen molar-refractivity contribution >= 4 is 5.97 Å². The second-order valence-electron chi connectivity index (χ2n) is 4.95. The lowest BCUT2D eigenvalue weighted by Gasteiger charge is -2.13. The van der Waals surface area contributed by atoms with Crippen LogP contribution in [0.25, 0.3) is 0 Å². The average molecular weight is 260 g/mol. The zero-order valence-corrected chi connectivity index (χ0v) is 11.4. The van der Waals surface area contributed by atoms with Crippen LogP contribution in [0.1, 0.15) is 31.4 Å². The van der Waals surface area contributed by atoms with Crippen LogP contribution in [0, 0.1) is 5.92 Å². The summed E-state index contributed by atoms with van der Waals surface area (Å²) in [5, 5.41) is 0. The number of hydrogen-bond acceptors (Lipinski definition) is 3. The number of methoxy groups -OCH3 is 1. The van der Waals surface area contributed by atoms with Crippen LogP contribution in [0.4, 0.5) is 0 Å². The van der Waals surface area contributed by atoms with Crippen molar-refractivity contribution in [2.45, 2.75) is 32.0 Å². The molecule has 0 aliphatic carbocycles. The van der Waals surface area contributed by atoms with E-state index in [0.29, 0.717) is 5.92 Å². The summed E-state index contributed by atoms with van der Waals surface area (Å²) in [5.41, 5.74) is 1.23. The van der Waals surface area contributed by atoms with Gasteiger partial charge in [-0.25, -0.2) is 4.79 Å². The van der Waals surface area contributed by atoms with Crippen molar-refractivity contribution in [2.24, 2.45) is 5.92 Å². The minimum Gasteiger partial charge on any atom is -0.466 e. The molecule has 102 valence electrons. The van der Waals surface area contributed by atoms with Crippen molar-refractivity contribution in [1.29, 1.82) is 0 Å². The molecular weight excluding hydrogens is 240 g/mol. The first-order chi connectivity index (χ1) is 9.20. The third-order valence-corrected chi connectivity index (χ3v) is 3.55. The fourth-order valence-corrected chi connectivity index (χ4v) is 2.43. The van der Waals surface area contributed by atoms with E-state index in [4.69, 9.17) is 4.74 Å². The molecule has 1 unspecified atom stereocenters. The molecule has 1 aliphatic rings. The molecule has 1 heterocycles. The van der Waals surface area contributed by atoms with E-state index in [0.717, 1.165) is 12.8 Å². The van der Waals surface area contributed by atoms with Gasteiger partial charge in [0.25, 0.3) is 0 Å². The Morgan fingerprint density at radius 3 is 2.84 bits per heavy atom. The summed E-state index contributed by atoms with van der Waals surface area (Å²) in [6.07, 6.45) is 5.42. The van der Waals surface area contributed by atoms with Crippen molar-refractivity contribution in [3.63, 3.8) is 0 Å². The first kappa shape index (κ1) is 13.8. The number of esters is 1. The van der Waals surface area contributed by atoms with Crippen LogP contribution in [0.3, 0.4) is 0 Å². The van der Waals surface area contributed by atoms with Gasteiger partial charge < -0.3 is 9.47 Å². The van der Waals surface area contributed by atoms with E-state index in [2.05, 4.69) is 23.8 Å². The molecule has 0 spiro atoms. The molecule has 0 bridgehead atoms. The van der Waals surface area contributed by atoms with Gasteiger partial charge in [0.15, 0.2) is 0 Å². The van der Waals surface area contributed by atoms with Gasteiger partial charge in [-0.2, -0.15) is 0 Å². The molecule has 0 radical (unpaired) electrons. The Balaban J connectivity index is 1.91. The van der Waals surface area contributed by atoms with Crippen molar-refractivity contribution in [2.75, 3.05) is 7.11 Å². The molecule has 3 heteroatoms. The Morgan fingerprint density at radius 1 is 1.42 bits per heavy atom. The number of rotatable bonds is 4. The predicted molar refractivity (Wildman–Crippen MR) is 73.6 cm³/mol. The third kappa shape index (κ3) is 3.67. The van der Waals surface area contributed by atoms with E-state index in [-0.39, 0.29) is 18.2 Å². The predicted octanol–water partition coefficient (Wildman–Crippen LogP) is 3.27. The highest BCUT2D eigenvalue weighted by Gasteiger charge is 2.31. The maximum absolute atomic E-state index is 11.0. The number of carbonyl (C=O) groups is 1. The molecule has 0 aromatic heterocycles. The highest BCUT2D eigenvalue weighted by atomic mass is 16.5. The summed E-state index contributed by atoms with van der Waals surface area (Å²) in [6, 6.07) is 10.3. The Bertz CT molecular complexity index is 439. The molecule has 1 fully saturated rings. The van der Waals surface area contributed by atoms with E-state index in [1.165, 1.54) is 18.7 Å². The van der Waals surface area contributed by atoms with E-state index in [1.807, 2.05) is 24.3 Å². The summed E-state index contributed by atoms with van der Waals surface area (Å²) < 4.78 is 10.6. The second kappa shape index (κ2) is 6.53. The van der Waals surface area contributed by atoms with Crippen LogP contribution in [0.5, 0.6) is 0 Å². The van der Waals surface area contributed by atoms with E-state index in [1.54, 1.807) is 0 Å². The van der Waals surface area contributed by atoms with E-state index >= 15 is 0 Å². The molecule has 3 nitrogen and oxygen atoms in total. The maximum atomic E-state index is 11.0. The Labute approximate surface area is 114 Å². The second-order valence-corrected chi connectivity index (χ2v) is 4.95. The lowest BCUT2D eigenvalue weighted by molar-refractivity contribution is -0.134. The molecule has 1 aromatic rings. The molecule has 1 aromatic carbocycles. The summed E-state index contributed by atoms with van der Waals surface area (Å²) in [5.74, 6) is 0.178. The Morgan fingerprint density at radius 2 is 2.16 bits per heavy atom. The number of hydrogen-bond donors (Lipinski definition) is 0. The number of benzene rings is 1. The Kier molecular flexibility index (Phi) is 4.74. The standard InChI is InChI=1S/C16H20O3/c1-12-11-15(13-7-4-3-5-8-13)19-14(12)9-6-10-16(17)18-2/h3-8,10,12,14-15H,9,11H2,1-2H3/b10-6+/t12-,14+,15?/m1/s1. The van der Waals surface area contributed by atoms with Crippen LogP contribution in [-0.2, 0) is 14.3 Å². The first-order valence-electron chi connectivity index (χ1n) is 6.65. The van der Waals surface area contributed by atoms with Gasteiger partial charge in [-0.1, -0.05) is 43.3 Å². The van der Waals surface area contributed by atoms with Crippen molar-refractivity contribution in [3.8, 4) is 0 Å². The van der Waals surface area contributed by atoms with Crippen LogP contribution in [0.15, 0.2) is 42.5 Å². The molecule has 0 N–H and O–H groups in total. The van der Waals surface area contributed by atoms with Gasteiger partial charge in [0.2, 0.25) is 0 Å². The molecule has 0 saturated carbocycles. The summed E-state index contributed by atoms with van der Waals surface area (Å²) >= 11 is 0. The first-order valence-corrected chi connectivity index (χ1v) is 6.65. The van der Waals surface area contributed by atoms with Gasteiger partial charge in [0.1, 0.15) is 0 Å². The fraction of sp³-hybridized carbons (Fsp3) is 0.438. The molecule has 3 atom stereocenters. The van der Waals surface area contributed by atoms with Gasteiger partial charge in [0, 0.05) is 6.08 Å². The fourth-order valence-electron chi connectivity index (χ4n) is 2.43. The van der Waals surface area contributed by atoms with Gasteiger partial charge in [-0.15, -0.1) is 0 Å². The minimum atomic E-state index is -0.315. The summed E-state index contributed by atoms with van der Waals surface area (Å²) in [4.78, 5) is 11.0. The number of ether oxygens (including phenoxy) is 2. The molecule has 19 heavy (non-hydrogen) atoms. The Hall–Kier alpha value is -1.61. The van der Waals surface area contributed by atoms with Crippen molar-refractivity contribution in [3.05, 3.63) is 48.0 Å². The summed E-state index contributed by atoms with van der Waals surface area (Å²) in [7, 11) is 1.38. The minimum absolute atomic E-state index is 0.172. The molecule has 1 aliphatic heterocycles. The lowest BCUT2D eigenvalue weighted by atomic mass is 9.97. The third-order valence-electron chi connectivity index (χ3n) is 3.55. The maximum Gasteiger partial charge on any atom is 0.330 e. The summed E-state index contributed by atoms with van der Waals surface area (Å²) in [6.45, 7) is 2.19. The van der Waals surface area contributed by atoms with E-state index in [9.17, 15) is 4.79 Å². The quantitative estimate of drug-likeness (QED) is 0.615. The smallest absolute Gasteiger partial charge is 0.330 e. The zero-order valence-electron chi connectivity index (χ0n) is 11.4. The van der Waals surface area contributed by atoms with Gasteiger partial charge in [0.05, 0.1) is 19.3 Å². The highest BCUT2D eigenvalue weighted by molar-refractivity contribution is 5.81. The average Bonchev–Trinajstić information content (AvgIpc) is 2.81. The van der Waals surface area contributed by atoms with Crippen LogP contribution in [-0.4, -0.2) is 19.2 Å². The normalized spacial score (nSPS) is 26.7.